The second-order valence-corrected chi connectivity index (χ2v) is 6.51. The Morgan fingerprint density at radius 2 is 2.20 bits per heavy atom. The summed E-state index contributed by atoms with van der Waals surface area (Å²) in [6.07, 6.45) is 3.29. The van der Waals surface area contributed by atoms with Gasteiger partial charge >= 0.3 is 0 Å². The topological polar surface area (TPSA) is 64.7 Å². The largest absolute Gasteiger partial charge is 0.304 e. The zero-order chi connectivity index (χ0) is 18.0. The number of nitrogens with one attached hydrogen (secondary N) is 1. The molecule has 3 aromatic rings. The molecule has 0 unspecified atom stereocenters. The van der Waals surface area contributed by atoms with Crippen molar-refractivity contribution in [3.8, 4) is 0 Å². The van der Waals surface area contributed by atoms with E-state index in [1.165, 1.54) is 12.1 Å². The van der Waals surface area contributed by atoms with Crippen molar-refractivity contribution < 1.29 is 9.18 Å². The van der Waals surface area contributed by atoms with E-state index in [-0.39, 0.29) is 11.7 Å². The number of hydrogen-bond donors (Lipinski definition) is 1. The fourth-order valence-corrected chi connectivity index (χ4v) is 3.05. The molecule has 0 radical (unpaired) electrons. The van der Waals surface area contributed by atoms with Crippen molar-refractivity contribution in [2.45, 2.75) is 20.0 Å². The molecule has 2 heterocycles. The average Bonchev–Trinajstić information content (AvgIpc) is 3.16. The normalized spacial score (nSPS) is 10.9. The van der Waals surface area contributed by atoms with Gasteiger partial charge in [0.15, 0.2) is 5.82 Å². The van der Waals surface area contributed by atoms with Gasteiger partial charge in [0, 0.05) is 23.8 Å². The highest BCUT2D eigenvalue weighted by atomic mass is 79.9. The van der Waals surface area contributed by atoms with Gasteiger partial charge in [-0.25, -0.2) is 4.39 Å². The maximum atomic E-state index is 13.1. The van der Waals surface area contributed by atoms with Gasteiger partial charge in [-0.15, -0.1) is 0 Å². The van der Waals surface area contributed by atoms with Crippen molar-refractivity contribution in [2.24, 2.45) is 0 Å². The average molecular weight is 427 g/mol. The monoisotopic (exact) mass is 425 g/mol. The molecule has 2 aromatic heterocycles. The number of carbonyl (C=O) groups is 1. The van der Waals surface area contributed by atoms with Gasteiger partial charge in [-0.3, -0.25) is 14.2 Å². The fraction of sp³-hybridized carbons (Fsp3) is 0.188. The summed E-state index contributed by atoms with van der Waals surface area (Å²) in [5.41, 5.74) is 1.16. The highest BCUT2D eigenvalue weighted by molar-refractivity contribution is 9.10. The Balaban J connectivity index is 1.73. The number of aryl methyl sites for hydroxylation is 1. The summed E-state index contributed by atoms with van der Waals surface area (Å²) in [5, 5.41) is 11.5. The van der Waals surface area contributed by atoms with Crippen LogP contribution in [-0.4, -0.2) is 25.5 Å². The highest BCUT2D eigenvalue weighted by Crippen LogP contribution is 2.20. The SMILES string of the molecule is CCn1ncc(Br)c1C(=O)Nc1ccn(Cc2ccc(F)cc2Cl)n1. The van der Waals surface area contributed by atoms with Gasteiger partial charge in [0.1, 0.15) is 11.5 Å². The highest BCUT2D eigenvalue weighted by Gasteiger charge is 2.17. The van der Waals surface area contributed by atoms with E-state index >= 15 is 0 Å². The van der Waals surface area contributed by atoms with E-state index in [0.29, 0.717) is 34.1 Å². The fourth-order valence-electron chi connectivity index (χ4n) is 2.34. The van der Waals surface area contributed by atoms with Gasteiger partial charge in [-0.2, -0.15) is 10.2 Å². The van der Waals surface area contributed by atoms with Crippen LogP contribution in [-0.2, 0) is 13.1 Å². The van der Waals surface area contributed by atoms with E-state index in [4.69, 9.17) is 11.6 Å². The minimum atomic E-state index is -0.389. The molecule has 0 saturated heterocycles. The Morgan fingerprint density at radius 3 is 2.92 bits per heavy atom. The summed E-state index contributed by atoms with van der Waals surface area (Å²) >= 11 is 9.34. The summed E-state index contributed by atoms with van der Waals surface area (Å²) < 4.78 is 16.9. The second-order valence-electron chi connectivity index (χ2n) is 5.25. The second kappa shape index (κ2) is 7.37. The van der Waals surface area contributed by atoms with Crippen LogP contribution in [0.4, 0.5) is 10.2 Å². The maximum absolute atomic E-state index is 13.1. The molecule has 130 valence electrons. The Bertz CT molecular complexity index is 923. The van der Waals surface area contributed by atoms with E-state index in [2.05, 4.69) is 31.4 Å². The summed E-state index contributed by atoms with van der Waals surface area (Å²) in [5.74, 6) is -0.296. The summed E-state index contributed by atoms with van der Waals surface area (Å²) in [6, 6.07) is 5.88. The summed E-state index contributed by atoms with van der Waals surface area (Å²) in [7, 11) is 0. The molecule has 1 aromatic carbocycles. The molecule has 25 heavy (non-hydrogen) atoms. The Hall–Kier alpha value is -2.19. The molecule has 0 aliphatic rings. The molecule has 0 aliphatic heterocycles. The lowest BCUT2D eigenvalue weighted by molar-refractivity contribution is 0.101. The third-order valence-electron chi connectivity index (χ3n) is 3.54. The van der Waals surface area contributed by atoms with Crippen LogP contribution in [0.2, 0.25) is 5.02 Å². The predicted octanol–water partition coefficient (Wildman–Crippen LogP) is 3.96. The van der Waals surface area contributed by atoms with Gasteiger partial charge in [-0.1, -0.05) is 17.7 Å². The smallest absolute Gasteiger partial charge is 0.276 e. The van der Waals surface area contributed by atoms with Gasteiger partial charge in [0.2, 0.25) is 0 Å². The molecule has 0 spiro atoms. The Kier molecular flexibility index (Phi) is 5.19. The number of nitrogens with zero attached hydrogens (tertiary/aromatic N) is 4. The summed E-state index contributed by atoms with van der Waals surface area (Å²) in [4.78, 5) is 12.4. The van der Waals surface area contributed by atoms with Gasteiger partial charge in [-0.05, 0) is 40.5 Å². The van der Waals surface area contributed by atoms with Crippen LogP contribution in [0.3, 0.4) is 0 Å². The first kappa shape index (κ1) is 17.6. The Labute approximate surface area is 156 Å². The van der Waals surface area contributed by atoms with Crippen molar-refractivity contribution in [2.75, 3.05) is 5.32 Å². The van der Waals surface area contributed by atoms with Crippen LogP contribution in [0.1, 0.15) is 23.0 Å². The van der Waals surface area contributed by atoms with Gasteiger partial charge < -0.3 is 5.32 Å². The third-order valence-corrected chi connectivity index (χ3v) is 4.47. The summed E-state index contributed by atoms with van der Waals surface area (Å²) in [6.45, 7) is 2.84. The lowest BCUT2D eigenvalue weighted by Gasteiger charge is -2.06. The number of aromatic nitrogens is 4. The Morgan fingerprint density at radius 1 is 1.40 bits per heavy atom. The first-order valence-electron chi connectivity index (χ1n) is 7.48. The van der Waals surface area contributed by atoms with Crippen molar-refractivity contribution >= 4 is 39.3 Å². The number of rotatable bonds is 5. The minimum Gasteiger partial charge on any atom is -0.304 e. The first-order chi connectivity index (χ1) is 12.0. The van der Waals surface area contributed by atoms with Crippen molar-refractivity contribution in [1.29, 1.82) is 0 Å². The van der Waals surface area contributed by atoms with Crippen molar-refractivity contribution in [3.63, 3.8) is 0 Å². The zero-order valence-electron chi connectivity index (χ0n) is 13.2. The van der Waals surface area contributed by atoms with Crippen molar-refractivity contribution in [3.05, 3.63) is 63.2 Å². The predicted molar refractivity (Wildman–Crippen MR) is 96.3 cm³/mol. The molecule has 1 N–H and O–H groups in total. The molecule has 0 aliphatic carbocycles. The molecule has 0 atom stereocenters. The van der Waals surface area contributed by atoms with E-state index in [1.54, 1.807) is 33.9 Å². The third kappa shape index (κ3) is 3.91. The molecule has 1 amide bonds. The van der Waals surface area contributed by atoms with Crippen molar-refractivity contribution in [1.82, 2.24) is 19.6 Å². The van der Waals surface area contributed by atoms with E-state index in [0.717, 1.165) is 5.56 Å². The van der Waals surface area contributed by atoms with Gasteiger partial charge in [0.25, 0.3) is 5.91 Å². The number of halogens is 3. The number of benzene rings is 1. The standard InChI is InChI=1S/C16H14BrClFN5O/c1-2-24-15(12(17)8-20-24)16(25)21-14-5-6-23(22-14)9-10-3-4-11(19)7-13(10)18/h3-8H,2,9H2,1H3,(H,21,22,25). The van der Waals surface area contributed by atoms with E-state index < -0.39 is 0 Å². The quantitative estimate of drug-likeness (QED) is 0.672. The number of anilines is 1. The maximum Gasteiger partial charge on any atom is 0.276 e. The minimum absolute atomic E-state index is 0.309. The van der Waals surface area contributed by atoms with E-state index in [9.17, 15) is 9.18 Å². The molecule has 0 fully saturated rings. The number of carbonyl (C=O) groups excluding carboxylic acids is 1. The molecule has 3 rings (SSSR count). The number of hydrogen-bond acceptors (Lipinski definition) is 3. The van der Waals surface area contributed by atoms with Crippen LogP contribution in [0.25, 0.3) is 0 Å². The molecule has 9 heteroatoms. The lowest BCUT2D eigenvalue weighted by Crippen LogP contribution is -2.18. The molecular weight excluding hydrogens is 413 g/mol. The van der Waals surface area contributed by atoms with Crippen LogP contribution in [0.5, 0.6) is 0 Å². The first-order valence-corrected chi connectivity index (χ1v) is 8.65. The van der Waals surface area contributed by atoms with Crippen LogP contribution in [0.15, 0.2) is 41.1 Å². The van der Waals surface area contributed by atoms with E-state index in [1.807, 2.05) is 6.92 Å². The van der Waals surface area contributed by atoms with Crippen LogP contribution >= 0.6 is 27.5 Å². The molecule has 0 bridgehead atoms. The van der Waals surface area contributed by atoms with Crippen LogP contribution < -0.4 is 5.32 Å². The van der Waals surface area contributed by atoms with Gasteiger partial charge in [0.05, 0.1) is 17.2 Å². The zero-order valence-corrected chi connectivity index (χ0v) is 15.6. The van der Waals surface area contributed by atoms with Crippen LogP contribution in [0, 0.1) is 5.82 Å². The number of amides is 1. The molecule has 6 nitrogen and oxygen atoms in total. The molecule has 0 saturated carbocycles. The lowest BCUT2D eigenvalue weighted by atomic mass is 10.2. The molecular formula is C16H14BrClFN5O.